The van der Waals surface area contributed by atoms with E-state index in [1.54, 1.807) is 11.3 Å². The van der Waals surface area contributed by atoms with Crippen LogP contribution in [-0.4, -0.2) is 36.6 Å². The molecule has 4 nitrogen and oxygen atoms in total. The van der Waals surface area contributed by atoms with E-state index in [0.29, 0.717) is 12.6 Å². The number of likely N-dealkylation sites (tertiary alicyclic amines) is 1. The van der Waals surface area contributed by atoms with Crippen LogP contribution in [0.5, 0.6) is 0 Å². The van der Waals surface area contributed by atoms with Crippen LogP contribution in [0.3, 0.4) is 0 Å². The monoisotopic (exact) mass is 295 g/mol. The van der Waals surface area contributed by atoms with E-state index < -0.39 is 0 Å². The average molecular weight is 295 g/mol. The van der Waals surface area contributed by atoms with Crippen molar-refractivity contribution in [1.82, 2.24) is 15.5 Å². The highest BCUT2D eigenvalue weighted by atomic mass is 32.1. The van der Waals surface area contributed by atoms with Crippen molar-refractivity contribution in [3.63, 3.8) is 0 Å². The lowest BCUT2D eigenvalue weighted by atomic mass is 10.0. The zero-order valence-corrected chi connectivity index (χ0v) is 13.0. The summed E-state index contributed by atoms with van der Waals surface area (Å²) in [6.07, 6.45) is 5.02. The number of hydrogen-bond donors (Lipinski definition) is 2. The lowest BCUT2D eigenvalue weighted by Crippen LogP contribution is -2.40. The summed E-state index contributed by atoms with van der Waals surface area (Å²) in [4.78, 5) is 15.3. The third-order valence-electron chi connectivity index (χ3n) is 3.85. The number of nitrogens with one attached hydrogen (secondary N) is 2. The van der Waals surface area contributed by atoms with Gasteiger partial charge in [0.2, 0.25) is 0 Å². The van der Waals surface area contributed by atoms with Crippen LogP contribution < -0.4 is 10.6 Å². The summed E-state index contributed by atoms with van der Waals surface area (Å²) in [7, 11) is 0. The summed E-state index contributed by atoms with van der Waals surface area (Å²) in [5.74, 6) is 0. The molecule has 0 radical (unpaired) electrons. The van der Waals surface area contributed by atoms with Gasteiger partial charge in [-0.2, -0.15) is 0 Å². The molecule has 112 valence electrons. The molecule has 0 aliphatic carbocycles. The van der Waals surface area contributed by atoms with Gasteiger partial charge in [0.05, 0.1) is 6.54 Å². The highest BCUT2D eigenvalue weighted by Gasteiger charge is 2.17. The smallest absolute Gasteiger partial charge is 0.315 e. The van der Waals surface area contributed by atoms with Gasteiger partial charge in [0, 0.05) is 24.0 Å². The molecule has 1 aromatic rings. The van der Waals surface area contributed by atoms with E-state index in [2.05, 4.69) is 22.5 Å². The van der Waals surface area contributed by atoms with E-state index in [1.165, 1.54) is 30.7 Å². The number of amides is 2. The van der Waals surface area contributed by atoms with Gasteiger partial charge in [-0.15, -0.1) is 11.3 Å². The van der Waals surface area contributed by atoms with Gasteiger partial charge in [0.15, 0.2) is 0 Å². The topological polar surface area (TPSA) is 44.4 Å². The van der Waals surface area contributed by atoms with Crippen LogP contribution in [0.15, 0.2) is 17.5 Å². The second-order valence-corrected chi connectivity index (χ2v) is 6.46. The van der Waals surface area contributed by atoms with Crippen molar-refractivity contribution < 1.29 is 4.79 Å². The summed E-state index contributed by atoms with van der Waals surface area (Å²) in [5, 5.41) is 7.83. The number of carbonyl (C=O) groups is 1. The standard InChI is InChI=1S/C15H25N3OS/c1-13-6-2-3-9-18(13)10-5-8-16-15(19)17-12-14-7-4-11-20-14/h4,7,11,13H,2-3,5-6,8-10,12H2,1H3,(H2,16,17,19). The van der Waals surface area contributed by atoms with E-state index in [1.807, 2.05) is 17.5 Å². The van der Waals surface area contributed by atoms with Crippen LogP contribution >= 0.6 is 11.3 Å². The molecule has 2 rings (SSSR count). The maximum absolute atomic E-state index is 11.6. The van der Waals surface area contributed by atoms with Crippen molar-refractivity contribution in [2.75, 3.05) is 19.6 Å². The van der Waals surface area contributed by atoms with Crippen molar-refractivity contribution in [3.8, 4) is 0 Å². The van der Waals surface area contributed by atoms with Crippen LogP contribution in [0.1, 0.15) is 37.5 Å². The fourth-order valence-electron chi connectivity index (χ4n) is 2.62. The molecule has 1 saturated heterocycles. The molecule has 2 N–H and O–H groups in total. The third kappa shape index (κ3) is 5.13. The maximum atomic E-state index is 11.6. The predicted molar refractivity (Wildman–Crippen MR) is 84.1 cm³/mol. The third-order valence-corrected chi connectivity index (χ3v) is 4.73. The van der Waals surface area contributed by atoms with E-state index in [4.69, 9.17) is 0 Å². The minimum absolute atomic E-state index is 0.0647. The number of thiophene rings is 1. The predicted octanol–water partition coefficient (Wildman–Crippen LogP) is 2.81. The van der Waals surface area contributed by atoms with Gasteiger partial charge in [-0.3, -0.25) is 0 Å². The first-order valence-corrected chi connectivity index (χ1v) is 8.42. The molecule has 20 heavy (non-hydrogen) atoms. The molecule has 2 heterocycles. The van der Waals surface area contributed by atoms with Gasteiger partial charge in [0.25, 0.3) is 0 Å². The molecule has 1 atom stereocenters. The molecule has 5 heteroatoms. The summed E-state index contributed by atoms with van der Waals surface area (Å²) in [5.41, 5.74) is 0. The molecule has 0 aromatic carbocycles. The van der Waals surface area contributed by atoms with Gasteiger partial charge >= 0.3 is 6.03 Å². The molecule has 0 bridgehead atoms. The highest BCUT2D eigenvalue weighted by molar-refractivity contribution is 7.09. The first-order chi connectivity index (χ1) is 9.75. The molecule has 1 aliphatic heterocycles. The second kappa shape index (κ2) is 8.27. The zero-order chi connectivity index (χ0) is 14.2. The second-order valence-electron chi connectivity index (χ2n) is 5.42. The highest BCUT2D eigenvalue weighted by Crippen LogP contribution is 2.16. The van der Waals surface area contributed by atoms with Crippen LogP contribution in [0, 0.1) is 0 Å². The number of nitrogens with zero attached hydrogens (tertiary/aromatic N) is 1. The quantitative estimate of drug-likeness (QED) is 0.793. The van der Waals surface area contributed by atoms with E-state index >= 15 is 0 Å². The van der Waals surface area contributed by atoms with Gasteiger partial charge in [-0.05, 0) is 44.2 Å². The number of carbonyl (C=O) groups excluding carboxylic acids is 1. The molecule has 2 amide bonds. The minimum atomic E-state index is -0.0647. The van der Waals surface area contributed by atoms with Gasteiger partial charge < -0.3 is 15.5 Å². The Bertz CT molecular complexity index is 394. The summed E-state index contributed by atoms with van der Waals surface area (Å²) in [6.45, 7) is 5.98. The number of hydrogen-bond acceptors (Lipinski definition) is 3. The normalized spacial score (nSPS) is 19.8. The minimum Gasteiger partial charge on any atom is -0.338 e. The maximum Gasteiger partial charge on any atom is 0.315 e. The summed E-state index contributed by atoms with van der Waals surface area (Å²) in [6, 6.07) is 4.67. The Balaban J connectivity index is 1.53. The van der Waals surface area contributed by atoms with Crippen molar-refractivity contribution >= 4 is 17.4 Å². The molecular formula is C15H25N3OS. The Morgan fingerprint density at radius 1 is 1.45 bits per heavy atom. The first-order valence-electron chi connectivity index (χ1n) is 7.54. The Labute approximate surface area is 125 Å². The van der Waals surface area contributed by atoms with Gasteiger partial charge in [-0.25, -0.2) is 4.79 Å². The van der Waals surface area contributed by atoms with E-state index in [-0.39, 0.29) is 6.03 Å². The number of urea groups is 1. The van der Waals surface area contributed by atoms with Gasteiger partial charge in [-0.1, -0.05) is 12.5 Å². The van der Waals surface area contributed by atoms with Gasteiger partial charge in [0.1, 0.15) is 0 Å². The zero-order valence-electron chi connectivity index (χ0n) is 12.2. The molecule has 0 saturated carbocycles. The summed E-state index contributed by atoms with van der Waals surface area (Å²) < 4.78 is 0. The largest absolute Gasteiger partial charge is 0.338 e. The molecule has 1 unspecified atom stereocenters. The molecule has 1 fully saturated rings. The van der Waals surface area contributed by atoms with Crippen LogP contribution in [0.4, 0.5) is 4.79 Å². The molecular weight excluding hydrogens is 270 g/mol. The fraction of sp³-hybridized carbons (Fsp3) is 0.667. The molecule has 0 spiro atoms. The number of piperidine rings is 1. The Morgan fingerprint density at radius 3 is 3.10 bits per heavy atom. The van der Waals surface area contributed by atoms with Crippen LogP contribution in [-0.2, 0) is 6.54 Å². The summed E-state index contributed by atoms with van der Waals surface area (Å²) >= 11 is 1.66. The molecule has 1 aliphatic rings. The Kier molecular flexibility index (Phi) is 6.33. The fourth-order valence-corrected chi connectivity index (χ4v) is 3.26. The Hall–Kier alpha value is -1.07. The van der Waals surface area contributed by atoms with Crippen molar-refractivity contribution in [2.24, 2.45) is 0 Å². The van der Waals surface area contributed by atoms with Crippen LogP contribution in [0.25, 0.3) is 0 Å². The first kappa shape index (κ1) is 15.3. The lowest BCUT2D eigenvalue weighted by molar-refractivity contribution is 0.159. The van der Waals surface area contributed by atoms with Crippen molar-refractivity contribution in [1.29, 1.82) is 0 Å². The van der Waals surface area contributed by atoms with Crippen molar-refractivity contribution in [3.05, 3.63) is 22.4 Å². The van der Waals surface area contributed by atoms with E-state index in [0.717, 1.165) is 19.5 Å². The van der Waals surface area contributed by atoms with Crippen molar-refractivity contribution in [2.45, 2.75) is 45.2 Å². The van der Waals surface area contributed by atoms with Crippen LogP contribution in [0.2, 0.25) is 0 Å². The average Bonchev–Trinajstić information content (AvgIpc) is 2.96. The number of rotatable bonds is 6. The SMILES string of the molecule is CC1CCCCN1CCCNC(=O)NCc1cccs1. The van der Waals surface area contributed by atoms with E-state index in [9.17, 15) is 4.79 Å². The Morgan fingerprint density at radius 2 is 2.35 bits per heavy atom. The molecule has 1 aromatic heterocycles. The lowest BCUT2D eigenvalue weighted by Gasteiger charge is -2.33.